The maximum Gasteiger partial charge on any atom is 0.218 e. The van der Waals surface area contributed by atoms with Crippen LogP contribution in [0, 0.1) is 0 Å². The van der Waals surface area contributed by atoms with Crippen LogP contribution in [0.4, 0.5) is 0 Å². The molecule has 23 heavy (non-hydrogen) atoms. The van der Waals surface area contributed by atoms with E-state index in [0.29, 0.717) is 19.6 Å². The highest BCUT2D eigenvalue weighted by Crippen LogP contribution is 2.15. The van der Waals surface area contributed by atoms with Gasteiger partial charge in [0, 0.05) is 24.4 Å². The van der Waals surface area contributed by atoms with Gasteiger partial charge in [0.05, 0.1) is 24.3 Å². The Morgan fingerprint density at radius 1 is 1.22 bits per heavy atom. The lowest BCUT2D eigenvalue weighted by atomic mass is 10.3. The number of rotatable bonds is 10. The highest BCUT2D eigenvalue weighted by atomic mass is 32.2. The third-order valence-electron chi connectivity index (χ3n) is 3.30. The van der Waals surface area contributed by atoms with Crippen LogP contribution >= 0.6 is 11.3 Å². The summed E-state index contributed by atoms with van der Waals surface area (Å²) in [6, 6.07) is 7.65. The van der Waals surface area contributed by atoms with Crippen LogP contribution < -0.4 is 5.73 Å². The smallest absolute Gasteiger partial charge is 0.218 e. The third-order valence-corrected chi connectivity index (χ3v) is 5.79. The number of nitrogens with two attached hydrogens (primary N) is 1. The van der Waals surface area contributed by atoms with Gasteiger partial charge < -0.3 is 10.2 Å². The van der Waals surface area contributed by atoms with E-state index in [0.717, 1.165) is 10.6 Å². The van der Waals surface area contributed by atoms with Crippen molar-refractivity contribution in [3.8, 4) is 0 Å². The Bertz CT molecular complexity index is 658. The van der Waals surface area contributed by atoms with Crippen molar-refractivity contribution in [1.29, 1.82) is 0 Å². The lowest BCUT2D eigenvalue weighted by Gasteiger charge is -2.20. The van der Waals surface area contributed by atoms with E-state index in [9.17, 15) is 13.2 Å². The van der Waals surface area contributed by atoms with Crippen molar-refractivity contribution in [3.63, 3.8) is 0 Å². The molecule has 2 N–H and O–H groups in total. The van der Waals surface area contributed by atoms with Crippen molar-refractivity contribution >= 4 is 27.1 Å². The predicted molar refractivity (Wildman–Crippen MR) is 89.6 cm³/mol. The molecule has 2 rings (SSSR count). The largest absolute Gasteiger partial charge is 0.468 e. The molecule has 0 aliphatic heterocycles. The summed E-state index contributed by atoms with van der Waals surface area (Å²) >= 11 is 1.63. The van der Waals surface area contributed by atoms with Crippen LogP contribution in [-0.4, -0.2) is 37.3 Å². The Balaban J connectivity index is 1.95. The first-order valence-corrected chi connectivity index (χ1v) is 9.90. The number of hydrogen-bond donors (Lipinski definition) is 1. The summed E-state index contributed by atoms with van der Waals surface area (Å²) in [7, 11) is -3.30. The quantitative estimate of drug-likeness (QED) is 0.698. The molecule has 0 unspecified atom stereocenters. The number of thiophene rings is 1. The van der Waals surface area contributed by atoms with Gasteiger partial charge in [0.15, 0.2) is 9.84 Å². The minimum atomic E-state index is -3.30. The molecule has 0 aliphatic rings. The Kier molecular flexibility index (Phi) is 6.37. The molecule has 0 atom stereocenters. The molecule has 0 aromatic carbocycles. The first-order valence-electron chi connectivity index (χ1n) is 7.20. The standard InChI is InChI=1S/C15H20N2O4S2/c16-15(18)5-9-23(19,20)10-6-17(11-13-3-1-7-21-13)12-14-4-2-8-22-14/h1-4,7-8H,5-6,9-12H2,(H2,16,18). The maximum atomic E-state index is 12.0. The van der Waals surface area contributed by atoms with Gasteiger partial charge in [-0.15, -0.1) is 11.3 Å². The fraction of sp³-hybridized carbons (Fsp3) is 0.400. The van der Waals surface area contributed by atoms with Crippen LogP contribution in [0.1, 0.15) is 17.1 Å². The molecular formula is C15H20N2O4S2. The van der Waals surface area contributed by atoms with Crippen LogP contribution in [0.5, 0.6) is 0 Å². The molecule has 0 spiro atoms. The van der Waals surface area contributed by atoms with Gasteiger partial charge in [-0.05, 0) is 23.6 Å². The van der Waals surface area contributed by atoms with Crippen molar-refractivity contribution in [2.24, 2.45) is 5.73 Å². The molecule has 2 heterocycles. The normalized spacial score (nSPS) is 11.9. The summed E-state index contributed by atoms with van der Waals surface area (Å²) in [5.74, 6) is -0.0156. The first-order chi connectivity index (χ1) is 10.9. The molecular weight excluding hydrogens is 336 g/mol. The number of carbonyl (C=O) groups excluding carboxylic acids is 1. The highest BCUT2D eigenvalue weighted by Gasteiger charge is 2.16. The van der Waals surface area contributed by atoms with Gasteiger partial charge in [0.2, 0.25) is 5.91 Å². The summed E-state index contributed by atoms with van der Waals surface area (Å²) in [4.78, 5) is 13.9. The van der Waals surface area contributed by atoms with Crippen LogP contribution in [0.15, 0.2) is 40.3 Å². The SMILES string of the molecule is NC(=O)CCS(=O)(=O)CCN(Cc1ccco1)Cc1cccs1. The zero-order valence-corrected chi connectivity index (χ0v) is 14.3. The Hall–Kier alpha value is -1.64. The number of sulfone groups is 1. The van der Waals surface area contributed by atoms with Crippen molar-refractivity contribution in [2.45, 2.75) is 19.5 Å². The summed E-state index contributed by atoms with van der Waals surface area (Å²) in [5.41, 5.74) is 5.01. The fourth-order valence-corrected chi connectivity index (χ4v) is 4.09. The molecule has 0 bridgehead atoms. The molecule has 2 aromatic heterocycles. The van der Waals surface area contributed by atoms with Crippen LogP contribution in [0.2, 0.25) is 0 Å². The molecule has 2 aromatic rings. The fourth-order valence-electron chi connectivity index (χ4n) is 2.09. The van der Waals surface area contributed by atoms with Gasteiger partial charge in [-0.25, -0.2) is 8.42 Å². The number of amides is 1. The molecule has 0 aliphatic carbocycles. The maximum absolute atomic E-state index is 12.0. The van der Waals surface area contributed by atoms with E-state index in [1.807, 2.05) is 34.5 Å². The van der Waals surface area contributed by atoms with Gasteiger partial charge >= 0.3 is 0 Å². The molecule has 0 radical (unpaired) electrons. The second kappa shape index (κ2) is 8.28. The number of primary amides is 1. The average molecular weight is 356 g/mol. The van der Waals surface area contributed by atoms with E-state index >= 15 is 0 Å². The highest BCUT2D eigenvalue weighted by molar-refractivity contribution is 7.91. The lowest BCUT2D eigenvalue weighted by molar-refractivity contribution is -0.117. The Morgan fingerprint density at radius 3 is 2.65 bits per heavy atom. The number of furan rings is 1. The third kappa shape index (κ3) is 6.55. The monoisotopic (exact) mass is 356 g/mol. The van der Waals surface area contributed by atoms with Gasteiger partial charge in [-0.2, -0.15) is 0 Å². The summed E-state index contributed by atoms with van der Waals surface area (Å²) in [6.45, 7) is 1.57. The second-order valence-electron chi connectivity index (χ2n) is 5.24. The second-order valence-corrected chi connectivity index (χ2v) is 8.57. The lowest BCUT2D eigenvalue weighted by Crippen LogP contribution is -2.30. The van der Waals surface area contributed by atoms with Gasteiger partial charge in [0.1, 0.15) is 5.76 Å². The van der Waals surface area contributed by atoms with E-state index in [-0.39, 0.29) is 17.9 Å². The predicted octanol–water partition coefficient (Wildman–Crippen LogP) is 1.63. The molecule has 0 saturated carbocycles. The summed E-state index contributed by atoms with van der Waals surface area (Å²) in [6.07, 6.45) is 1.47. The van der Waals surface area contributed by atoms with Gasteiger partial charge in [-0.3, -0.25) is 9.69 Å². The Morgan fingerprint density at radius 2 is 2.04 bits per heavy atom. The Labute approximate surface area is 139 Å². The van der Waals surface area contributed by atoms with Gasteiger partial charge in [-0.1, -0.05) is 6.07 Å². The molecule has 8 heteroatoms. The van der Waals surface area contributed by atoms with Crippen molar-refractivity contribution in [1.82, 2.24) is 4.90 Å². The van der Waals surface area contributed by atoms with Crippen LogP contribution in [0.25, 0.3) is 0 Å². The first kappa shape index (κ1) is 17.7. The van der Waals surface area contributed by atoms with E-state index < -0.39 is 15.7 Å². The molecule has 126 valence electrons. The molecule has 0 fully saturated rings. The number of nitrogens with zero attached hydrogens (tertiary/aromatic N) is 1. The van der Waals surface area contributed by atoms with Crippen molar-refractivity contribution in [2.75, 3.05) is 18.1 Å². The summed E-state index contributed by atoms with van der Waals surface area (Å²) < 4.78 is 29.3. The topological polar surface area (TPSA) is 93.6 Å². The van der Waals surface area contributed by atoms with Gasteiger partial charge in [0.25, 0.3) is 0 Å². The number of carbonyl (C=O) groups is 1. The summed E-state index contributed by atoms with van der Waals surface area (Å²) in [5, 5.41) is 1.99. The zero-order valence-electron chi connectivity index (χ0n) is 12.7. The molecule has 0 saturated heterocycles. The minimum Gasteiger partial charge on any atom is -0.468 e. The van der Waals surface area contributed by atoms with Crippen molar-refractivity contribution < 1.29 is 17.6 Å². The van der Waals surface area contributed by atoms with E-state index in [1.54, 1.807) is 17.6 Å². The van der Waals surface area contributed by atoms with E-state index in [1.165, 1.54) is 0 Å². The zero-order chi connectivity index (χ0) is 16.7. The van der Waals surface area contributed by atoms with E-state index in [2.05, 4.69) is 0 Å². The van der Waals surface area contributed by atoms with E-state index in [4.69, 9.17) is 10.2 Å². The molecule has 1 amide bonds. The van der Waals surface area contributed by atoms with Crippen LogP contribution in [-0.2, 0) is 27.7 Å². The van der Waals surface area contributed by atoms with Crippen LogP contribution in [0.3, 0.4) is 0 Å². The minimum absolute atomic E-state index is 0.00758. The van der Waals surface area contributed by atoms with Crippen molar-refractivity contribution in [3.05, 3.63) is 46.5 Å². The molecule has 6 nitrogen and oxygen atoms in total. The number of hydrogen-bond acceptors (Lipinski definition) is 6. The average Bonchev–Trinajstić information content (AvgIpc) is 3.16.